The molecule has 1 aromatic heterocycles. The Balaban J connectivity index is 1.84. The third-order valence-corrected chi connectivity index (χ3v) is 6.24. The topological polar surface area (TPSA) is 88.2 Å². The van der Waals surface area contributed by atoms with Crippen LogP contribution >= 0.6 is 11.3 Å². The number of carbonyl (C=O) groups is 1. The first kappa shape index (κ1) is 20.1. The van der Waals surface area contributed by atoms with Gasteiger partial charge in [0.15, 0.2) is 5.13 Å². The van der Waals surface area contributed by atoms with Crippen LogP contribution in [-0.4, -0.2) is 25.9 Å². The molecule has 2 aromatic carbocycles. The molecule has 2 N–H and O–H groups in total. The fourth-order valence-electron chi connectivity index (χ4n) is 2.56. The fraction of sp³-hybridized carbons (Fsp3) is 0.158. The van der Waals surface area contributed by atoms with Gasteiger partial charge < -0.3 is 0 Å². The van der Waals surface area contributed by atoms with Gasteiger partial charge in [-0.3, -0.25) is 10.1 Å². The molecule has 0 bridgehead atoms. The number of nitrogens with zero attached hydrogens (tertiary/aromatic N) is 1. The van der Waals surface area contributed by atoms with E-state index in [-0.39, 0.29) is 22.8 Å². The van der Waals surface area contributed by atoms with Crippen LogP contribution in [0.2, 0.25) is 0 Å². The number of anilines is 1. The van der Waals surface area contributed by atoms with Gasteiger partial charge in [0.05, 0.1) is 10.6 Å². The zero-order chi connectivity index (χ0) is 20.3. The van der Waals surface area contributed by atoms with Gasteiger partial charge in [-0.2, -0.15) is 0 Å². The molecule has 0 aliphatic rings. The van der Waals surface area contributed by atoms with Crippen LogP contribution in [0.4, 0.5) is 9.52 Å². The predicted molar refractivity (Wildman–Crippen MR) is 108 cm³/mol. The van der Waals surface area contributed by atoms with Crippen LogP contribution in [0, 0.1) is 12.7 Å². The van der Waals surface area contributed by atoms with E-state index < -0.39 is 15.9 Å². The van der Waals surface area contributed by atoms with Crippen molar-refractivity contribution in [2.45, 2.75) is 18.7 Å². The zero-order valence-corrected chi connectivity index (χ0v) is 16.8. The van der Waals surface area contributed by atoms with E-state index in [1.807, 2.05) is 0 Å². The molecule has 6 nitrogen and oxygen atoms in total. The molecule has 0 atom stereocenters. The molecule has 0 unspecified atom stereocenters. The average Bonchev–Trinajstić information content (AvgIpc) is 3.10. The first-order valence-electron chi connectivity index (χ1n) is 8.43. The molecule has 3 aromatic rings. The maximum Gasteiger partial charge on any atom is 0.257 e. The summed E-state index contributed by atoms with van der Waals surface area (Å²) in [5.41, 5.74) is 2.02. The summed E-state index contributed by atoms with van der Waals surface area (Å²) in [6.45, 7) is 3.65. The van der Waals surface area contributed by atoms with E-state index in [0.29, 0.717) is 22.0 Å². The van der Waals surface area contributed by atoms with Gasteiger partial charge in [0, 0.05) is 23.1 Å². The largest absolute Gasteiger partial charge is 0.298 e. The Morgan fingerprint density at radius 3 is 2.71 bits per heavy atom. The van der Waals surface area contributed by atoms with Gasteiger partial charge in [0.1, 0.15) is 5.82 Å². The number of nitrogens with one attached hydrogen (secondary N) is 2. The molecule has 1 heterocycles. The molecular formula is C19H18FN3O3S2. The molecule has 9 heteroatoms. The summed E-state index contributed by atoms with van der Waals surface area (Å²) < 4.78 is 40.1. The van der Waals surface area contributed by atoms with E-state index in [2.05, 4.69) is 15.0 Å². The van der Waals surface area contributed by atoms with Crippen molar-refractivity contribution < 1.29 is 17.6 Å². The number of aryl methyl sites for hydroxylation is 1. The SMILES string of the molecule is CCNS(=O)(=O)c1ccc(C)c(C(=O)Nc2nc(-c3cccc(F)c3)cs2)c1. The van der Waals surface area contributed by atoms with Crippen LogP contribution in [0.25, 0.3) is 11.3 Å². The first-order chi connectivity index (χ1) is 13.3. The van der Waals surface area contributed by atoms with Crippen LogP contribution in [0.5, 0.6) is 0 Å². The Bertz CT molecular complexity index is 1130. The van der Waals surface area contributed by atoms with Gasteiger partial charge >= 0.3 is 0 Å². The summed E-state index contributed by atoms with van der Waals surface area (Å²) in [6.07, 6.45) is 0. The van der Waals surface area contributed by atoms with Crippen molar-refractivity contribution in [2.75, 3.05) is 11.9 Å². The second-order valence-corrected chi connectivity index (χ2v) is 8.61. The Labute approximate surface area is 166 Å². The lowest BCUT2D eigenvalue weighted by atomic mass is 10.1. The van der Waals surface area contributed by atoms with Crippen LogP contribution in [0.3, 0.4) is 0 Å². The monoisotopic (exact) mass is 419 g/mol. The van der Waals surface area contributed by atoms with E-state index >= 15 is 0 Å². The number of thiazole rings is 1. The molecule has 0 radical (unpaired) electrons. The Morgan fingerprint density at radius 2 is 2.00 bits per heavy atom. The molecule has 146 valence electrons. The molecule has 0 spiro atoms. The highest BCUT2D eigenvalue weighted by Crippen LogP contribution is 2.26. The molecule has 0 aliphatic heterocycles. The molecule has 1 amide bonds. The first-order valence-corrected chi connectivity index (χ1v) is 10.8. The fourth-order valence-corrected chi connectivity index (χ4v) is 4.34. The summed E-state index contributed by atoms with van der Waals surface area (Å²) in [7, 11) is -3.67. The lowest BCUT2D eigenvalue weighted by Gasteiger charge is -2.09. The zero-order valence-electron chi connectivity index (χ0n) is 15.2. The Hall–Kier alpha value is -2.62. The number of hydrogen-bond donors (Lipinski definition) is 2. The van der Waals surface area contributed by atoms with E-state index in [0.717, 1.165) is 0 Å². The van der Waals surface area contributed by atoms with Crippen molar-refractivity contribution in [1.29, 1.82) is 0 Å². The predicted octanol–water partition coefficient (Wildman–Crippen LogP) is 3.81. The number of hydrogen-bond acceptors (Lipinski definition) is 5. The summed E-state index contributed by atoms with van der Waals surface area (Å²) in [4.78, 5) is 17.0. The van der Waals surface area contributed by atoms with Crippen LogP contribution in [-0.2, 0) is 10.0 Å². The van der Waals surface area contributed by atoms with Gasteiger partial charge in [-0.25, -0.2) is 22.5 Å². The van der Waals surface area contributed by atoms with Gasteiger partial charge in [-0.1, -0.05) is 25.1 Å². The van der Waals surface area contributed by atoms with Gasteiger partial charge in [0.25, 0.3) is 5.91 Å². The number of aromatic nitrogens is 1. The summed E-state index contributed by atoms with van der Waals surface area (Å²) in [5, 5.41) is 4.72. The van der Waals surface area contributed by atoms with Gasteiger partial charge in [-0.15, -0.1) is 11.3 Å². The molecule has 28 heavy (non-hydrogen) atoms. The van der Waals surface area contributed by atoms with Crippen molar-refractivity contribution in [3.8, 4) is 11.3 Å². The van der Waals surface area contributed by atoms with E-state index in [1.165, 1.54) is 35.6 Å². The molecular weight excluding hydrogens is 401 g/mol. The van der Waals surface area contributed by atoms with Crippen LogP contribution in [0.15, 0.2) is 52.7 Å². The summed E-state index contributed by atoms with van der Waals surface area (Å²) >= 11 is 1.20. The Kier molecular flexibility index (Phi) is 5.87. The lowest BCUT2D eigenvalue weighted by molar-refractivity contribution is 0.102. The van der Waals surface area contributed by atoms with E-state index in [4.69, 9.17) is 0 Å². The number of carbonyl (C=O) groups excluding carboxylic acids is 1. The number of amides is 1. The van der Waals surface area contributed by atoms with Crippen LogP contribution in [0.1, 0.15) is 22.8 Å². The minimum atomic E-state index is -3.67. The molecule has 0 saturated carbocycles. The van der Waals surface area contributed by atoms with Crippen molar-refractivity contribution in [2.24, 2.45) is 0 Å². The van der Waals surface area contributed by atoms with Crippen molar-refractivity contribution in [3.05, 3.63) is 64.8 Å². The van der Waals surface area contributed by atoms with E-state index in [9.17, 15) is 17.6 Å². The van der Waals surface area contributed by atoms with Crippen LogP contribution < -0.4 is 10.0 Å². The van der Waals surface area contributed by atoms with Gasteiger partial charge in [0.2, 0.25) is 10.0 Å². The highest BCUT2D eigenvalue weighted by atomic mass is 32.2. The third-order valence-electron chi connectivity index (χ3n) is 3.94. The maximum atomic E-state index is 13.4. The molecule has 0 saturated heterocycles. The quantitative estimate of drug-likeness (QED) is 0.636. The minimum Gasteiger partial charge on any atom is -0.298 e. The second-order valence-electron chi connectivity index (χ2n) is 5.98. The van der Waals surface area contributed by atoms with Crippen molar-refractivity contribution >= 4 is 32.4 Å². The van der Waals surface area contributed by atoms with Crippen molar-refractivity contribution in [1.82, 2.24) is 9.71 Å². The highest BCUT2D eigenvalue weighted by molar-refractivity contribution is 7.89. The van der Waals surface area contributed by atoms with Gasteiger partial charge in [-0.05, 0) is 36.8 Å². The minimum absolute atomic E-state index is 0.0182. The number of benzene rings is 2. The normalized spacial score (nSPS) is 11.4. The number of halogens is 1. The second kappa shape index (κ2) is 8.17. The maximum absolute atomic E-state index is 13.4. The average molecular weight is 420 g/mol. The molecule has 0 fully saturated rings. The van der Waals surface area contributed by atoms with Crippen molar-refractivity contribution in [3.63, 3.8) is 0 Å². The number of rotatable bonds is 6. The highest BCUT2D eigenvalue weighted by Gasteiger charge is 2.18. The lowest BCUT2D eigenvalue weighted by Crippen LogP contribution is -2.24. The summed E-state index contributed by atoms with van der Waals surface area (Å²) in [5.74, 6) is -0.836. The standard InChI is InChI=1S/C19H18FN3O3S2/c1-3-21-28(25,26)15-8-7-12(2)16(10-15)18(24)23-19-22-17(11-27-19)13-5-4-6-14(20)9-13/h4-11,21H,3H2,1-2H3,(H,22,23,24). The molecule has 0 aliphatic carbocycles. The van der Waals surface area contributed by atoms with E-state index in [1.54, 1.807) is 37.4 Å². The number of sulfonamides is 1. The third kappa shape index (κ3) is 4.44. The summed E-state index contributed by atoms with van der Waals surface area (Å²) in [6, 6.07) is 10.4. The Morgan fingerprint density at radius 1 is 1.21 bits per heavy atom. The molecule has 3 rings (SSSR count). The smallest absolute Gasteiger partial charge is 0.257 e.